The Kier molecular flexibility index (Phi) is 4.09. The molecule has 1 aromatic rings. The summed E-state index contributed by atoms with van der Waals surface area (Å²) in [7, 11) is 1.44. The van der Waals surface area contributed by atoms with Gasteiger partial charge in [0.1, 0.15) is 6.54 Å². The Morgan fingerprint density at radius 3 is 2.88 bits per heavy atom. The molecule has 0 atom stereocenters. The summed E-state index contributed by atoms with van der Waals surface area (Å²) in [5, 5.41) is 27.3. The van der Waals surface area contributed by atoms with Crippen LogP contribution in [0.15, 0.2) is 34.6 Å². The van der Waals surface area contributed by atoms with Crippen LogP contribution in [0.25, 0.3) is 0 Å². The minimum absolute atomic E-state index is 0.0951. The van der Waals surface area contributed by atoms with E-state index in [0.29, 0.717) is 0 Å². The molecule has 1 N–H and O–H groups in total. The highest BCUT2D eigenvalue weighted by molar-refractivity contribution is 5.68. The number of carboxylic acid groups (broad SMARTS) is 1. The van der Waals surface area contributed by atoms with Crippen LogP contribution in [0.4, 0.5) is 11.4 Å². The van der Waals surface area contributed by atoms with E-state index in [9.17, 15) is 14.9 Å². The fraction of sp³-hybridized carbons (Fsp3) is 0.222. The van der Waals surface area contributed by atoms with Gasteiger partial charge in [-0.2, -0.15) is 0 Å². The Labute approximate surface area is 96.3 Å². The lowest BCUT2D eigenvalue weighted by Crippen LogP contribution is -2.19. The SMILES string of the molecule is CN(CC(=O)O)N=Nc1cccc([N+](=O)[O-])c1. The topological polar surface area (TPSA) is 108 Å². The number of benzene rings is 1. The van der Waals surface area contributed by atoms with Gasteiger partial charge in [0.15, 0.2) is 0 Å². The third kappa shape index (κ3) is 4.24. The molecule has 0 amide bonds. The fourth-order valence-corrected chi connectivity index (χ4v) is 1.02. The monoisotopic (exact) mass is 238 g/mol. The Balaban J connectivity index is 2.74. The normalized spacial score (nSPS) is 10.4. The number of nitrogens with zero attached hydrogens (tertiary/aromatic N) is 4. The van der Waals surface area contributed by atoms with Gasteiger partial charge < -0.3 is 5.11 Å². The molecule has 0 aliphatic heterocycles. The maximum Gasteiger partial charge on any atom is 0.324 e. The molecule has 0 aliphatic carbocycles. The average Bonchev–Trinajstić information content (AvgIpc) is 2.26. The molecule has 0 fully saturated rings. The zero-order valence-corrected chi connectivity index (χ0v) is 8.98. The molecule has 8 nitrogen and oxygen atoms in total. The second-order valence-electron chi connectivity index (χ2n) is 3.18. The highest BCUT2D eigenvalue weighted by Gasteiger charge is 2.05. The van der Waals surface area contributed by atoms with Crippen LogP contribution < -0.4 is 0 Å². The zero-order chi connectivity index (χ0) is 12.8. The minimum atomic E-state index is -1.04. The third-order valence-corrected chi connectivity index (χ3v) is 1.72. The van der Waals surface area contributed by atoms with Crippen LogP contribution in [0.5, 0.6) is 0 Å². The fourth-order valence-electron chi connectivity index (χ4n) is 1.02. The standard InChI is InChI=1S/C9H10N4O4/c1-12(6-9(14)15)11-10-7-3-2-4-8(5-7)13(16)17/h2-5H,6H2,1H3,(H,14,15). The Morgan fingerprint density at radius 2 is 2.29 bits per heavy atom. The van der Waals surface area contributed by atoms with E-state index in [1.807, 2.05) is 0 Å². The molecule has 0 radical (unpaired) electrons. The molecule has 1 rings (SSSR count). The van der Waals surface area contributed by atoms with Gasteiger partial charge in [0.25, 0.3) is 5.69 Å². The van der Waals surface area contributed by atoms with Crippen molar-refractivity contribution in [3.8, 4) is 0 Å². The first kappa shape index (κ1) is 12.6. The predicted octanol–water partition coefficient (Wildman–Crippen LogP) is 1.61. The van der Waals surface area contributed by atoms with Crippen LogP contribution in [0.1, 0.15) is 0 Å². The van der Waals surface area contributed by atoms with E-state index in [1.54, 1.807) is 0 Å². The van der Waals surface area contributed by atoms with Crippen LogP contribution in [0.3, 0.4) is 0 Å². The summed E-state index contributed by atoms with van der Waals surface area (Å²) in [6.45, 7) is -0.293. The lowest BCUT2D eigenvalue weighted by atomic mass is 10.3. The predicted molar refractivity (Wildman–Crippen MR) is 57.9 cm³/mol. The summed E-state index contributed by atoms with van der Waals surface area (Å²) >= 11 is 0. The van der Waals surface area contributed by atoms with Crippen molar-refractivity contribution in [1.82, 2.24) is 5.01 Å². The number of hydrogen-bond acceptors (Lipinski definition) is 5. The lowest BCUT2D eigenvalue weighted by Gasteiger charge is -2.06. The van der Waals surface area contributed by atoms with Crippen molar-refractivity contribution in [1.29, 1.82) is 0 Å². The number of aliphatic carboxylic acids is 1. The molecular weight excluding hydrogens is 228 g/mol. The molecule has 17 heavy (non-hydrogen) atoms. The summed E-state index contributed by atoms with van der Waals surface area (Å²) in [6, 6.07) is 5.59. The average molecular weight is 238 g/mol. The molecule has 0 saturated heterocycles. The van der Waals surface area contributed by atoms with Crippen molar-refractivity contribution in [3.05, 3.63) is 34.4 Å². The van der Waals surface area contributed by atoms with E-state index in [0.717, 1.165) is 5.01 Å². The summed E-state index contributed by atoms with van der Waals surface area (Å²) in [4.78, 5) is 20.3. The molecule has 0 saturated carbocycles. The van der Waals surface area contributed by atoms with E-state index in [-0.39, 0.29) is 17.9 Å². The van der Waals surface area contributed by atoms with Crippen LogP contribution in [-0.2, 0) is 4.79 Å². The number of carbonyl (C=O) groups is 1. The van der Waals surface area contributed by atoms with Gasteiger partial charge in [-0.3, -0.25) is 19.9 Å². The van der Waals surface area contributed by atoms with E-state index in [1.165, 1.54) is 31.3 Å². The molecule has 8 heteroatoms. The van der Waals surface area contributed by atoms with Crippen molar-refractivity contribution < 1.29 is 14.8 Å². The number of likely N-dealkylation sites (N-methyl/N-ethyl adjacent to an activating group) is 1. The third-order valence-electron chi connectivity index (χ3n) is 1.72. The summed E-state index contributed by atoms with van der Waals surface area (Å²) in [5.41, 5.74) is 0.193. The van der Waals surface area contributed by atoms with Gasteiger partial charge in [0.2, 0.25) is 0 Å². The van der Waals surface area contributed by atoms with E-state index in [2.05, 4.69) is 10.3 Å². The van der Waals surface area contributed by atoms with Gasteiger partial charge in [-0.1, -0.05) is 11.3 Å². The second-order valence-corrected chi connectivity index (χ2v) is 3.18. The van der Waals surface area contributed by atoms with E-state index >= 15 is 0 Å². The quantitative estimate of drug-likeness (QED) is 0.476. The molecule has 1 aromatic carbocycles. The van der Waals surface area contributed by atoms with Crippen molar-refractivity contribution in [2.75, 3.05) is 13.6 Å². The summed E-state index contributed by atoms with van der Waals surface area (Å²) in [5.74, 6) is -1.04. The smallest absolute Gasteiger partial charge is 0.324 e. The van der Waals surface area contributed by atoms with E-state index in [4.69, 9.17) is 5.11 Å². The van der Waals surface area contributed by atoms with Gasteiger partial charge in [-0.15, -0.1) is 5.11 Å². The van der Waals surface area contributed by atoms with Crippen molar-refractivity contribution >= 4 is 17.3 Å². The van der Waals surface area contributed by atoms with Crippen LogP contribution in [-0.4, -0.2) is 34.6 Å². The summed E-state index contributed by atoms with van der Waals surface area (Å²) in [6.07, 6.45) is 0. The van der Waals surface area contributed by atoms with Gasteiger partial charge in [-0.05, 0) is 6.07 Å². The Morgan fingerprint density at radius 1 is 1.59 bits per heavy atom. The molecule has 0 unspecified atom stereocenters. The number of nitro benzene ring substituents is 1. The number of rotatable bonds is 5. The van der Waals surface area contributed by atoms with Gasteiger partial charge in [0, 0.05) is 19.2 Å². The van der Waals surface area contributed by atoms with Crippen molar-refractivity contribution in [2.24, 2.45) is 10.3 Å². The first-order chi connectivity index (χ1) is 7.99. The molecule has 0 heterocycles. The number of nitro groups is 1. The molecular formula is C9H10N4O4. The van der Waals surface area contributed by atoms with Gasteiger partial charge in [-0.25, -0.2) is 0 Å². The molecule has 0 aromatic heterocycles. The number of carboxylic acids is 1. The van der Waals surface area contributed by atoms with Gasteiger partial charge >= 0.3 is 5.97 Å². The Bertz CT molecular complexity index is 460. The highest BCUT2D eigenvalue weighted by atomic mass is 16.6. The minimum Gasteiger partial charge on any atom is -0.480 e. The molecule has 0 bridgehead atoms. The van der Waals surface area contributed by atoms with E-state index < -0.39 is 10.9 Å². The number of hydrogen-bond donors (Lipinski definition) is 1. The second kappa shape index (κ2) is 5.54. The molecule has 90 valence electrons. The highest BCUT2D eigenvalue weighted by Crippen LogP contribution is 2.19. The molecule has 0 spiro atoms. The van der Waals surface area contributed by atoms with Crippen LogP contribution >= 0.6 is 0 Å². The van der Waals surface area contributed by atoms with Gasteiger partial charge in [0.05, 0.1) is 10.6 Å². The maximum absolute atomic E-state index is 10.5. The zero-order valence-electron chi connectivity index (χ0n) is 8.98. The lowest BCUT2D eigenvalue weighted by molar-refractivity contribution is -0.384. The molecule has 0 aliphatic rings. The van der Waals surface area contributed by atoms with Crippen LogP contribution in [0.2, 0.25) is 0 Å². The van der Waals surface area contributed by atoms with Crippen molar-refractivity contribution in [3.63, 3.8) is 0 Å². The largest absolute Gasteiger partial charge is 0.480 e. The number of non-ortho nitro benzene ring substituents is 1. The Hall–Kier alpha value is -2.51. The van der Waals surface area contributed by atoms with Crippen molar-refractivity contribution in [2.45, 2.75) is 0 Å². The summed E-state index contributed by atoms with van der Waals surface area (Å²) < 4.78 is 0. The maximum atomic E-state index is 10.5. The first-order valence-corrected chi connectivity index (χ1v) is 4.58. The first-order valence-electron chi connectivity index (χ1n) is 4.58. The van der Waals surface area contributed by atoms with Crippen LogP contribution in [0, 0.1) is 10.1 Å².